The van der Waals surface area contributed by atoms with E-state index in [1.54, 1.807) is 6.21 Å². The van der Waals surface area contributed by atoms with E-state index in [9.17, 15) is 9.59 Å². The van der Waals surface area contributed by atoms with Crippen molar-refractivity contribution in [3.63, 3.8) is 0 Å². The number of benzene rings is 1. The van der Waals surface area contributed by atoms with Crippen LogP contribution in [0.1, 0.15) is 17.5 Å². The van der Waals surface area contributed by atoms with Gasteiger partial charge in [0.1, 0.15) is 5.25 Å². The molecule has 0 bridgehead atoms. The number of amidine groups is 1. The normalized spacial score (nSPS) is 23.2. The van der Waals surface area contributed by atoms with Gasteiger partial charge in [-0.05, 0) is 24.2 Å². The fourth-order valence-electron chi connectivity index (χ4n) is 2.93. The van der Waals surface area contributed by atoms with Gasteiger partial charge in [0, 0.05) is 32.7 Å². The number of carboxylic acids is 1. The van der Waals surface area contributed by atoms with Crippen LogP contribution in [0.25, 0.3) is 0 Å². The van der Waals surface area contributed by atoms with Gasteiger partial charge in [-0.25, -0.2) is 0 Å². The van der Waals surface area contributed by atoms with Crippen molar-refractivity contribution < 1.29 is 14.7 Å². The summed E-state index contributed by atoms with van der Waals surface area (Å²) in [5, 5.41) is 19.0. The summed E-state index contributed by atoms with van der Waals surface area (Å²) >= 11 is 1.09. The number of likely N-dealkylation sites (N-methyl/N-ethyl adjacent to an activating group) is 1. The zero-order valence-electron chi connectivity index (χ0n) is 15.2. The molecule has 3 rings (SSSR count). The molecule has 2 saturated heterocycles. The molecule has 2 heterocycles. The lowest BCUT2D eigenvalue weighted by Crippen LogP contribution is -2.43. The Bertz CT molecular complexity index is 759. The van der Waals surface area contributed by atoms with Gasteiger partial charge >= 0.3 is 5.97 Å². The summed E-state index contributed by atoms with van der Waals surface area (Å²) in [6.45, 7) is 5.22. The van der Waals surface area contributed by atoms with Crippen molar-refractivity contribution in [2.45, 2.75) is 18.2 Å². The number of amides is 1. The molecule has 1 aromatic carbocycles. The maximum Gasteiger partial charge on any atom is 0.305 e. The highest BCUT2D eigenvalue weighted by atomic mass is 32.2. The Morgan fingerprint density at radius 2 is 2.15 bits per heavy atom. The van der Waals surface area contributed by atoms with E-state index in [4.69, 9.17) is 5.11 Å². The summed E-state index contributed by atoms with van der Waals surface area (Å²) < 4.78 is 0. The van der Waals surface area contributed by atoms with Crippen molar-refractivity contribution >= 4 is 35.0 Å². The first-order valence-electron chi connectivity index (χ1n) is 8.80. The van der Waals surface area contributed by atoms with E-state index in [-0.39, 0.29) is 12.3 Å². The molecule has 2 fully saturated rings. The Morgan fingerprint density at radius 3 is 2.89 bits per heavy atom. The average molecular weight is 389 g/mol. The molecule has 1 atom stereocenters. The number of hydrogen-bond donors (Lipinski definition) is 2. The zero-order chi connectivity index (χ0) is 19.2. The number of piperazine rings is 1. The summed E-state index contributed by atoms with van der Waals surface area (Å²) in [6.07, 6.45) is 1.41. The van der Waals surface area contributed by atoms with Crippen LogP contribution in [0.4, 0.5) is 0 Å². The minimum Gasteiger partial charge on any atom is -0.481 e. The zero-order valence-corrected chi connectivity index (χ0v) is 16.0. The number of nitrogens with zero attached hydrogens (tertiary/aromatic N) is 4. The van der Waals surface area contributed by atoms with Crippen molar-refractivity contribution in [3.8, 4) is 0 Å². The highest BCUT2D eigenvalue weighted by Gasteiger charge is 2.32. The van der Waals surface area contributed by atoms with Gasteiger partial charge in [-0.15, -0.1) is 5.10 Å². The SMILES string of the molecule is CN1CCN(Cc2cccc(C=NN=C3NC(=O)C(CC(=O)O)S3)c2)CC1. The van der Waals surface area contributed by atoms with Crippen molar-refractivity contribution in [3.05, 3.63) is 35.4 Å². The second-order valence-electron chi connectivity index (χ2n) is 6.67. The fourth-order valence-corrected chi connectivity index (χ4v) is 3.84. The lowest BCUT2D eigenvalue weighted by molar-refractivity contribution is -0.138. The predicted octanol–water partition coefficient (Wildman–Crippen LogP) is 0.830. The van der Waals surface area contributed by atoms with E-state index in [1.165, 1.54) is 5.56 Å². The van der Waals surface area contributed by atoms with E-state index in [1.807, 2.05) is 12.1 Å². The Kier molecular flexibility index (Phi) is 6.59. The highest BCUT2D eigenvalue weighted by molar-refractivity contribution is 8.15. The van der Waals surface area contributed by atoms with Gasteiger partial charge < -0.3 is 15.3 Å². The summed E-state index contributed by atoms with van der Waals surface area (Å²) in [6, 6.07) is 8.13. The van der Waals surface area contributed by atoms with Gasteiger partial charge in [0.15, 0.2) is 5.17 Å². The summed E-state index contributed by atoms with van der Waals surface area (Å²) in [5.74, 6) is -1.35. The van der Waals surface area contributed by atoms with Crippen LogP contribution in [0.3, 0.4) is 0 Å². The molecule has 1 aromatic rings. The van der Waals surface area contributed by atoms with Crippen LogP contribution in [0, 0.1) is 0 Å². The lowest BCUT2D eigenvalue weighted by atomic mass is 10.1. The molecule has 144 valence electrons. The third-order valence-electron chi connectivity index (χ3n) is 4.44. The first-order chi connectivity index (χ1) is 13.0. The third kappa shape index (κ3) is 5.88. The second-order valence-corrected chi connectivity index (χ2v) is 7.86. The second kappa shape index (κ2) is 9.12. The molecular formula is C18H23N5O3S. The Labute approximate surface area is 162 Å². The molecule has 27 heavy (non-hydrogen) atoms. The summed E-state index contributed by atoms with van der Waals surface area (Å²) in [4.78, 5) is 27.2. The molecule has 0 aromatic heterocycles. The Hall–Kier alpha value is -2.23. The number of carbonyl (C=O) groups is 2. The molecule has 8 nitrogen and oxygen atoms in total. The van der Waals surface area contributed by atoms with Gasteiger partial charge in [-0.3, -0.25) is 14.5 Å². The highest BCUT2D eigenvalue weighted by Crippen LogP contribution is 2.22. The van der Waals surface area contributed by atoms with E-state index in [0.717, 1.165) is 50.0 Å². The predicted molar refractivity (Wildman–Crippen MR) is 106 cm³/mol. The van der Waals surface area contributed by atoms with Crippen LogP contribution >= 0.6 is 11.8 Å². The molecule has 9 heteroatoms. The molecule has 0 radical (unpaired) electrons. The molecule has 0 saturated carbocycles. The number of carboxylic acid groups (broad SMARTS) is 1. The van der Waals surface area contributed by atoms with Gasteiger partial charge in [-0.2, -0.15) is 5.10 Å². The molecule has 1 unspecified atom stereocenters. The largest absolute Gasteiger partial charge is 0.481 e. The quantitative estimate of drug-likeness (QED) is 0.553. The van der Waals surface area contributed by atoms with Crippen LogP contribution in [-0.2, 0) is 16.1 Å². The van der Waals surface area contributed by atoms with Crippen molar-refractivity contribution in [2.24, 2.45) is 10.2 Å². The van der Waals surface area contributed by atoms with Gasteiger partial charge in [0.25, 0.3) is 0 Å². The first-order valence-corrected chi connectivity index (χ1v) is 9.68. The number of hydrogen-bond acceptors (Lipinski definition) is 7. The van der Waals surface area contributed by atoms with E-state index in [0.29, 0.717) is 5.17 Å². The summed E-state index contributed by atoms with van der Waals surface area (Å²) in [5.41, 5.74) is 2.16. The van der Waals surface area contributed by atoms with E-state index in [2.05, 4.69) is 44.5 Å². The van der Waals surface area contributed by atoms with Gasteiger partial charge in [0.2, 0.25) is 5.91 Å². The Morgan fingerprint density at radius 1 is 1.37 bits per heavy atom. The average Bonchev–Trinajstić information content (AvgIpc) is 2.96. The smallest absolute Gasteiger partial charge is 0.305 e. The molecule has 2 aliphatic rings. The lowest BCUT2D eigenvalue weighted by Gasteiger charge is -2.32. The number of thioether (sulfide) groups is 1. The van der Waals surface area contributed by atoms with Crippen molar-refractivity contribution in [1.29, 1.82) is 0 Å². The van der Waals surface area contributed by atoms with Crippen LogP contribution in [-0.4, -0.2) is 76.6 Å². The van der Waals surface area contributed by atoms with Gasteiger partial charge in [0.05, 0.1) is 12.6 Å². The Balaban J connectivity index is 1.56. The van der Waals surface area contributed by atoms with E-state index >= 15 is 0 Å². The van der Waals surface area contributed by atoms with Crippen molar-refractivity contribution in [2.75, 3.05) is 33.2 Å². The topological polar surface area (TPSA) is 97.6 Å². The number of carbonyl (C=O) groups excluding carboxylic acids is 1. The van der Waals surface area contributed by atoms with E-state index < -0.39 is 11.2 Å². The fraction of sp³-hybridized carbons (Fsp3) is 0.444. The van der Waals surface area contributed by atoms with Crippen LogP contribution < -0.4 is 5.32 Å². The summed E-state index contributed by atoms with van der Waals surface area (Å²) in [7, 11) is 2.14. The monoisotopic (exact) mass is 389 g/mol. The van der Waals surface area contributed by atoms with Crippen LogP contribution in [0.2, 0.25) is 0 Å². The number of rotatable bonds is 6. The molecule has 1 amide bonds. The maximum absolute atomic E-state index is 11.7. The minimum atomic E-state index is -1.01. The van der Waals surface area contributed by atoms with Crippen LogP contribution in [0.15, 0.2) is 34.5 Å². The number of aliphatic carboxylic acids is 1. The molecule has 0 aliphatic carbocycles. The molecular weight excluding hydrogens is 366 g/mol. The molecule has 2 aliphatic heterocycles. The first kappa shape index (κ1) is 19.5. The minimum absolute atomic E-state index is 0.229. The van der Waals surface area contributed by atoms with Crippen molar-refractivity contribution in [1.82, 2.24) is 15.1 Å². The maximum atomic E-state index is 11.7. The third-order valence-corrected chi connectivity index (χ3v) is 5.52. The van der Waals surface area contributed by atoms with Gasteiger partial charge in [-0.1, -0.05) is 30.0 Å². The standard InChI is InChI=1S/C18H23N5O3S/c1-22-5-7-23(8-6-22)12-14-4-2-3-13(9-14)11-19-21-18-20-17(26)15(27-18)10-16(24)25/h2-4,9,11,15H,5-8,10,12H2,1H3,(H,24,25)(H,20,21,26). The van der Waals surface area contributed by atoms with Crippen LogP contribution in [0.5, 0.6) is 0 Å². The molecule has 2 N–H and O–H groups in total. The molecule has 0 spiro atoms. The number of nitrogens with one attached hydrogen (secondary N) is 1.